The lowest BCUT2D eigenvalue weighted by Gasteiger charge is -2.24. The Bertz CT molecular complexity index is 728. The number of carbonyl (C=O) groups excluding carboxylic acids is 1. The molecule has 7 nitrogen and oxygen atoms in total. The first-order valence-corrected chi connectivity index (χ1v) is 8.17. The lowest BCUT2D eigenvalue weighted by molar-refractivity contribution is 0.102. The summed E-state index contributed by atoms with van der Waals surface area (Å²) >= 11 is 0. The third kappa shape index (κ3) is 4.33. The number of carbonyl (C=O) groups is 2. The summed E-state index contributed by atoms with van der Waals surface area (Å²) in [5.74, 6) is -0.223. The Balaban J connectivity index is 1.73. The minimum absolute atomic E-state index is 0.0626. The van der Waals surface area contributed by atoms with Crippen LogP contribution in [0.4, 0.5) is 10.5 Å². The van der Waals surface area contributed by atoms with E-state index < -0.39 is 6.09 Å². The number of benzene rings is 1. The maximum absolute atomic E-state index is 12.3. The van der Waals surface area contributed by atoms with Crippen molar-refractivity contribution in [2.75, 3.05) is 11.9 Å². The largest absolute Gasteiger partial charge is 0.465 e. The van der Waals surface area contributed by atoms with E-state index in [1.165, 1.54) is 0 Å². The molecule has 25 heavy (non-hydrogen) atoms. The molecular weight excluding hydrogens is 320 g/mol. The van der Waals surface area contributed by atoms with Crippen LogP contribution in [0.2, 0.25) is 0 Å². The van der Waals surface area contributed by atoms with Crippen LogP contribution in [-0.2, 0) is 0 Å². The van der Waals surface area contributed by atoms with Crippen molar-refractivity contribution in [3.05, 3.63) is 59.9 Å². The molecule has 2 aromatic rings. The monoisotopic (exact) mass is 340 g/mol. The van der Waals surface area contributed by atoms with Gasteiger partial charge < -0.3 is 21.1 Å². The number of anilines is 1. The van der Waals surface area contributed by atoms with Crippen LogP contribution in [0.15, 0.2) is 48.8 Å². The lowest BCUT2D eigenvalue weighted by Crippen LogP contribution is -2.40. The molecule has 0 spiro atoms. The van der Waals surface area contributed by atoms with Crippen LogP contribution in [-0.4, -0.2) is 34.7 Å². The third-order valence-corrected chi connectivity index (χ3v) is 4.25. The normalized spacial score (nSPS) is 17.7. The van der Waals surface area contributed by atoms with Gasteiger partial charge in [-0.1, -0.05) is 12.1 Å². The van der Waals surface area contributed by atoms with Crippen molar-refractivity contribution in [3.8, 4) is 0 Å². The van der Waals surface area contributed by atoms with Crippen LogP contribution < -0.4 is 16.0 Å². The summed E-state index contributed by atoms with van der Waals surface area (Å²) in [7, 11) is 0. The second kappa shape index (κ2) is 7.76. The zero-order chi connectivity index (χ0) is 17.6. The fourth-order valence-corrected chi connectivity index (χ4v) is 3.03. The number of amides is 2. The van der Waals surface area contributed by atoms with Gasteiger partial charge in [0.25, 0.3) is 5.91 Å². The van der Waals surface area contributed by atoms with E-state index in [4.69, 9.17) is 5.11 Å². The number of hydrogen-bond donors (Lipinski definition) is 4. The van der Waals surface area contributed by atoms with Gasteiger partial charge in [0.05, 0.1) is 6.04 Å². The molecule has 1 saturated heterocycles. The Kier molecular flexibility index (Phi) is 5.25. The van der Waals surface area contributed by atoms with E-state index in [1.54, 1.807) is 48.8 Å². The van der Waals surface area contributed by atoms with Crippen LogP contribution in [0.1, 0.15) is 34.8 Å². The second-order valence-electron chi connectivity index (χ2n) is 5.94. The van der Waals surface area contributed by atoms with E-state index in [-0.39, 0.29) is 18.0 Å². The maximum Gasteiger partial charge on any atom is 0.405 e. The van der Waals surface area contributed by atoms with Crippen LogP contribution >= 0.6 is 0 Å². The Morgan fingerprint density at radius 3 is 2.48 bits per heavy atom. The Morgan fingerprint density at radius 2 is 1.88 bits per heavy atom. The predicted octanol–water partition coefficient (Wildman–Crippen LogP) is 2.39. The van der Waals surface area contributed by atoms with Gasteiger partial charge in [0.15, 0.2) is 0 Å². The number of pyridine rings is 1. The van der Waals surface area contributed by atoms with Gasteiger partial charge in [0, 0.05) is 29.7 Å². The molecule has 4 N–H and O–H groups in total. The first-order valence-electron chi connectivity index (χ1n) is 8.17. The molecule has 2 amide bonds. The van der Waals surface area contributed by atoms with E-state index in [1.807, 2.05) is 0 Å². The quantitative estimate of drug-likeness (QED) is 0.669. The average Bonchev–Trinajstić information content (AvgIpc) is 3.15. The smallest absolute Gasteiger partial charge is 0.405 e. The van der Waals surface area contributed by atoms with Crippen LogP contribution in [0.25, 0.3) is 0 Å². The zero-order valence-corrected chi connectivity index (χ0v) is 13.6. The molecule has 2 heterocycles. The van der Waals surface area contributed by atoms with Gasteiger partial charge in [0.2, 0.25) is 0 Å². The molecule has 1 aliphatic rings. The standard InChI is InChI=1S/C18H20N4O3/c23-17(21-14-7-10-19-11-8-14)13-5-3-12(4-6-13)16(22-18(24)25)15-2-1-9-20-15/h3-8,10-11,15-16,20,22H,1-2,9H2,(H,24,25)(H,19,21,23). The van der Waals surface area contributed by atoms with Crippen molar-refractivity contribution in [1.29, 1.82) is 0 Å². The minimum Gasteiger partial charge on any atom is -0.465 e. The Labute approximate surface area is 145 Å². The number of rotatable bonds is 5. The number of aromatic nitrogens is 1. The summed E-state index contributed by atoms with van der Waals surface area (Å²) in [4.78, 5) is 27.3. The van der Waals surface area contributed by atoms with E-state index in [9.17, 15) is 9.59 Å². The van der Waals surface area contributed by atoms with Crippen molar-refractivity contribution in [2.24, 2.45) is 0 Å². The van der Waals surface area contributed by atoms with Gasteiger partial charge in [-0.3, -0.25) is 9.78 Å². The van der Waals surface area contributed by atoms with E-state index in [0.717, 1.165) is 24.9 Å². The SMILES string of the molecule is O=C(O)NC(c1ccc(C(=O)Nc2ccncc2)cc1)C1CCCN1. The highest BCUT2D eigenvalue weighted by Gasteiger charge is 2.27. The minimum atomic E-state index is -1.06. The molecule has 2 atom stereocenters. The molecule has 7 heteroatoms. The molecule has 3 rings (SSSR count). The molecule has 2 unspecified atom stereocenters. The number of nitrogens with one attached hydrogen (secondary N) is 3. The second-order valence-corrected chi connectivity index (χ2v) is 5.94. The van der Waals surface area contributed by atoms with E-state index in [0.29, 0.717) is 11.3 Å². The molecule has 1 aromatic carbocycles. The van der Waals surface area contributed by atoms with Crippen LogP contribution in [0.3, 0.4) is 0 Å². The average molecular weight is 340 g/mol. The maximum atomic E-state index is 12.3. The van der Waals surface area contributed by atoms with Gasteiger partial charge in [-0.15, -0.1) is 0 Å². The molecule has 1 aromatic heterocycles. The lowest BCUT2D eigenvalue weighted by atomic mass is 9.97. The molecular formula is C18H20N4O3. The van der Waals surface area contributed by atoms with Crippen molar-refractivity contribution >= 4 is 17.7 Å². The zero-order valence-electron chi connectivity index (χ0n) is 13.6. The van der Waals surface area contributed by atoms with Gasteiger partial charge in [-0.05, 0) is 49.2 Å². The van der Waals surface area contributed by atoms with E-state index >= 15 is 0 Å². The van der Waals surface area contributed by atoms with Gasteiger partial charge in [-0.2, -0.15) is 0 Å². The highest BCUT2D eigenvalue weighted by molar-refractivity contribution is 6.04. The number of hydrogen-bond acceptors (Lipinski definition) is 4. The molecule has 0 bridgehead atoms. The molecule has 0 radical (unpaired) electrons. The summed E-state index contributed by atoms with van der Waals surface area (Å²) in [5, 5.41) is 17.8. The highest BCUT2D eigenvalue weighted by Crippen LogP contribution is 2.24. The summed E-state index contributed by atoms with van der Waals surface area (Å²) in [6.45, 7) is 0.884. The molecule has 0 aliphatic carbocycles. The Morgan fingerprint density at radius 1 is 1.16 bits per heavy atom. The molecule has 1 aliphatic heterocycles. The predicted molar refractivity (Wildman–Crippen MR) is 93.6 cm³/mol. The summed E-state index contributed by atoms with van der Waals surface area (Å²) in [6, 6.07) is 10.2. The number of carboxylic acid groups (broad SMARTS) is 1. The Hall–Kier alpha value is -2.93. The molecule has 0 saturated carbocycles. The first kappa shape index (κ1) is 16.9. The van der Waals surface area contributed by atoms with Gasteiger partial charge in [-0.25, -0.2) is 4.79 Å². The summed E-state index contributed by atoms with van der Waals surface area (Å²) < 4.78 is 0. The van der Waals surface area contributed by atoms with Crippen molar-refractivity contribution in [1.82, 2.24) is 15.6 Å². The highest BCUT2D eigenvalue weighted by atomic mass is 16.4. The van der Waals surface area contributed by atoms with Crippen molar-refractivity contribution in [3.63, 3.8) is 0 Å². The fraction of sp³-hybridized carbons (Fsp3) is 0.278. The third-order valence-electron chi connectivity index (χ3n) is 4.25. The topological polar surface area (TPSA) is 103 Å². The summed E-state index contributed by atoms with van der Waals surface area (Å²) in [5.41, 5.74) is 2.01. The molecule has 1 fully saturated rings. The summed E-state index contributed by atoms with van der Waals surface area (Å²) in [6.07, 6.45) is 4.09. The number of nitrogens with zero attached hydrogens (tertiary/aromatic N) is 1. The molecule has 130 valence electrons. The van der Waals surface area contributed by atoms with Crippen LogP contribution in [0, 0.1) is 0 Å². The first-order chi connectivity index (χ1) is 12.1. The van der Waals surface area contributed by atoms with E-state index in [2.05, 4.69) is 20.9 Å². The van der Waals surface area contributed by atoms with Gasteiger partial charge >= 0.3 is 6.09 Å². The van der Waals surface area contributed by atoms with Crippen LogP contribution in [0.5, 0.6) is 0 Å². The van der Waals surface area contributed by atoms with Gasteiger partial charge in [0.1, 0.15) is 0 Å². The van der Waals surface area contributed by atoms with Crippen molar-refractivity contribution < 1.29 is 14.7 Å². The fourth-order valence-electron chi connectivity index (χ4n) is 3.03. The van der Waals surface area contributed by atoms with Crippen molar-refractivity contribution in [2.45, 2.75) is 24.9 Å².